The van der Waals surface area contributed by atoms with E-state index in [1.54, 1.807) is 13.2 Å². The normalized spacial score (nSPS) is 14.6. The van der Waals surface area contributed by atoms with Crippen molar-refractivity contribution in [2.75, 3.05) is 51.3 Å². The monoisotopic (exact) mass is 531 g/mol. The van der Waals surface area contributed by atoms with Gasteiger partial charge in [0, 0.05) is 53.5 Å². The Morgan fingerprint density at radius 1 is 1.20 bits per heavy atom. The molecule has 0 radical (unpaired) electrons. The van der Waals surface area contributed by atoms with Crippen molar-refractivity contribution in [2.24, 2.45) is 12.0 Å². The van der Waals surface area contributed by atoms with Gasteiger partial charge in [-0.3, -0.25) is 0 Å². The molecule has 30 heavy (non-hydrogen) atoms. The SMILES string of the molecule is COCCCNC(=NCc1nnc(C)n1C)N1CCN(c2ccccc2F)CC1.I. The molecule has 10 heteroatoms. The molecule has 0 aliphatic carbocycles. The summed E-state index contributed by atoms with van der Waals surface area (Å²) in [5.41, 5.74) is 0.660. The van der Waals surface area contributed by atoms with Gasteiger partial charge in [-0.15, -0.1) is 34.2 Å². The van der Waals surface area contributed by atoms with E-state index in [-0.39, 0.29) is 29.8 Å². The standard InChI is InChI=1S/C20H30FN7O.HI/c1-16-24-25-19(26(16)2)15-23-20(22-9-6-14-29-3)28-12-10-27(11-13-28)18-8-5-4-7-17(18)21;/h4-5,7-8H,6,9-15H2,1-3H3,(H,22,23);1H. The summed E-state index contributed by atoms with van der Waals surface area (Å²) in [5.74, 6) is 2.35. The van der Waals surface area contributed by atoms with Gasteiger partial charge in [-0.25, -0.2) is 9.38 Å². The minimum Gasteiger partial charge on any atom is -0.385 e. The number of rotatable bonds is 7. The highest BCUT2D eigenvalue weighted by Gasteiger charge is 2.21. The average molecular weight is 531 g/mol. The number of aromatic nitrogens is 3. The first-order valence-electron chi connectivity index (χ1n) is 9.96. The van der Waals surface area contributed by atoms with Crippen LogP contribution in [-0.2, 0) is 18.3 Å². The second-order valence-electron chi connectivity index (χ2n) is 7.06. The van der Waals surface area contributed by atoms with Crippen LogP contribution in [0.25, 0.3) is 0 Å². The number of ether oxygens (including phenoxy) is 1. The van der Waals surface area contributed by atoms with Crippen molar-refractivity contribution < 1.29 is 9.13 Å². The molecular weight excluding hydrogens is 500 g/mol. The van der Waals surface area contributed by atoms with Crippen molar-refractivity contribution in [3.8, 4) is 0 Å². The highest BCUT2D eigenvalue weighted by Crippen LogP contribution is 2.20. The van der Waals surface area contributed by atoms with Gasteiger partial charge < -0.3 is 24.4 Å². The molecule has 0 unspecified atom stereocenters. The van der Waals surface area contributed by atoms with Gasteiger partial charge in [0.25, 0.3) is 0 Å². The maximum atomic E-state index is 14.1. The number of aryl methyl sites for hydroxylation is 1. The van der Waals surface area contributed by atoms with Gasteiger partial charge in [0.1, 0.15) is 18.2 Å². The Labute approximate surface area is 194 Å². The van der Waals surface area contributed by atoms with Crippen LogP contribution in [0.15, 0.2) is 29.3 Å². The molecule has 0 bridgehead atoms. The Morgan fingerprint density at radius 2 is 1.93 bits per heavy atom. The molecule has 1 saturated heterocycles. The predicted molar refractivity (Wildman–Crippen MR) is 127 cm³/mol. The molecule has 166 valence electrons. The van der Waals surface area contributed by atoms with Crippen LogP contribution in [0.2, 0.25) is 0 Å². The van der Waals surface area contributed by atoms with Gasteiger partial charge in [-0.05, 0) is 25.5 Å². The van der Waals surface area contributed by atoms with E-state index >= 15 is 0 Å². The fraction of sp³-hybridized carbons (Fsp3) is 0.550. The number of hydrogen-bond acceptors (Lipinski definition) is 5. The molecule has 2 heterocycles. The zero-order valence-corrected chi connectivity index (χ0v) is 20.2. The molecule has 1 aliphatic heterocycles. The number of para-hydroxylation sites is 1. The van der Waals surface area contributed by atoms with E-state index in [9.17, 15) is 4.39 Å². The number of methoxy groups -OCH3 is 1. The molecule has 1 fully saturated rings. The maximum absolute atomic E-state index is 14.1. The molecule has 3 rings (SSSR count). The third kappa shape index (κ3) is 6.27. The number of piperazine rings is 1. The number of hydrogen-bond donors (Lipinski definition) is 1. The topological polar surface area (TPSA) is 70.8 Å². The second kappa shape index (κ2) is 12.0. The van der Waals surface area contributed by atoms with Gasteiger partial charge >= 0.3 is 0 Å². The first-order valence-corrected chi connectivity index (χ1v) is 9.96. The van der Waals surface area contributed by atoms with Gasteiger partial charge in [-0.2, -0.15) is 0 Å². The van der Waals surface area contributed by atoms with Crippen molar-refractivity contribution in [1.29, 1.82) is 0 Å². The Hall–Kier alpha value is -1.95. The van der Waals surface area contributed by atoms with E-state index in [0.717, 1.165) is 56.8 Å². The highest BCUT2D eigenvalue weighted by atomic mass is 127. The molecule has 1 aliphatic rings. The maximum Gasteiger partial charge on any atom is 0.194 e. The van der Waals surface area contributed by atoms with Crippen molar-refractivity contribution in [2.45, 2.75) is 19.9 Å². The number of anilines is 1. The van der Waals surface area contributed by atoms with Crippen LogP contribution in [0.5, 0.6) is 0 Å². The summed E-state index contributed by atoms with van der Waals surface area (Å²) in [5, 5.41) is 11.7. The van der Waals surface area contributed by atoms with Crippen LogP contribution in [0.4, 0.5) is 10.1 Å². The fourth-order valence-corrected chi connectivity index (χ4v) is 3.29. The fourth-order valence-electron chi connectivity index (χ4n) is 3.29. The molecule has 2 aromatic rings. The summed E-state index contributed by atoms with van der Waals surface area (Å²) in [4.78, 5) is 9.08. The number of guanidine groups is 1. The second-order valence-corrected chi connectivity index (χ2v) is 7.06. The molecule has 8 nitrogen and oxygen atoms in total. The van der Waals surface area contributed by atoms with Crippen molar-refractivity contribution in [3.63, 3.8) is 0 Å². The van der Waals surface area contributed by atoms with Crippen LogP contribution >= 0.6 is 24.0 Å². The van der Waals surface area contributed by atoms with Crippen molar-refractivity contribution in [1.82, 2.24) is 25.0 Å². The van der Waals surface area contributed by atoms with E-state index in [0.29, 0.717) is 18.8 Å². The Kier molecular flexibility index (Phi) is 9.76. The molecule has 0 saturated carbocycles. The number of nitrogens with zero attached hydrogens (tertiary/aromatic N) is 6. The molecule has 0 atom stereocenters. The van der Waals surface area contributed by atoms with Gasteiger partial charge in [0.15, 0.2) is 11.8 Å². The Morgan fingerprint density at radius 3 is 2.57 bits per heavy atom. The van der Waals surface area contributed by atoms with Crippen LogP contribution < -0.4 is 10.2 Å². The first-order chi connectivity index (χ1) is 14.1. The summed E-state index contributed by atoms with van der Waals surface area (Å²) in [7, 11) is 3.65. The summed E-state index contributed by atoms with van der Waals surface area (Å²) in [6, 6.07) is 6.93. The van der Waals surface area contributed by atoms with E-state index in [4.69, 9.17) is 9.73 Å². The molecule has 0 amide bonds. The lowest BCUT2D eigenvalue weighted by Crippen LogP contribution is -2.53. The van der Waals surface area contributed by atoms with E-state index in [2.05, 4.69) is 25.3 Å². The zero-order valence-electron chi connectivity index (χ0n) is 17.8. The molecule has 1 N–H and O–H groups in total. The highest BCUT2D eigenvalue weighted by molar-refractivity contribution is 14.0. The zero-order chi connectivity index (χ0) is 20.6. The van der Waals surface area contributed by atoms with Gasteiger partial charge in [0.2, 0.25) is 0 Å². The van der Waals surface area contributed by atoms with Gasteiger partial charge in [-0.1, -0.05) is 12.1 Å². The minimum atomic E-state index is -0.176. The van der Waals surface area contributed by atoms with Crippen molar-refractivity contribution >= 4 is 35.6 Å². The minimum absolute atomic E-state index is 0. The summed E-state index contributed by atoms with van der Waals surface area (Å²) < 4.78 is 21.2. The predicted octanol–water partition coefficient (Wildman–Crippen LogP) is 2.18. The van der Waals surface area contributed by atoms with Crippen molar-refractivity contribution in [3.05, 3.63) is 41.7 Å². The van der Waals surface area contributed by atoms with Crippen LogP contribution in [0.1, 0.15) is 18.1 Å². The average Bonchev–Trinajstić information content (AvgIpc) is 3.06. The summed E-state index contributed by atoms with van der Waals surface area (Å²) >= 11 is 0. The number of halogens is 2. The van der Waals surface area contributed by atoms with E-state index in [1.807, 2.05) is 30.7 Å². The quantitative estimate of drug-likeness (QED) is 0.256. The molecular formula is C20H31FIN7O. The third-order valence-electron chi connectivity index (χ3n) is 5.13. The number of benzene rings is 1. The smallest absolute Gasteiger partial charge is 0.194 e. The lowest BCUT2D eigenvalue weighted by molar-refractivity contribution is 0.195. The van der Waals surface area contributed by atoms with E-state index < -0.39 is 0 Å². The number of nitrogens with one attached hydrogen (secondary N) is 1. The van der Waals surface area contributed by atoms with Crippen LogP contribution in [-0.4, -0.2) is 72.1 Å². The lowest BCUT2D eigenvalue weighted by atomic mass is 10.2. The third-order valence-corrected chi connectivity index (χ3v) is 5.13. The molecule has 0 spiro atoms. The Balaban J connectivity index is 0.00000320. The molecule has 1 aromatic heterocycles. The largest absolute Gasteiger partial charge is 0.385 e. The summed E-state index contributed by atoms with van der Waals surface area (Å²) in [6.45, 7) is 6.86. The molecule has 1 aromatic carbocycles. The van der Waals surface area contributed by atoms with Crippen LogP contribution in [0, 0.1) is 12.7 Å². The van der Waals surface area contributed by atoms with E-state index in [1.165, 1.54) is 6.07 Å². The Bertz CT molecular complexity index is 821. The van der Waals surface area contributed by atoms with Crippen LogP contribution in [0.3, 0.4) is 0 Å². The van der Waals surface area contributed by atoms with Gasteiger partial charge in [0.05, 0.1) is 5.69 Å². The first kappa shape index (κ1) is 24.3. The lowest BCUT2D eigenvalue weighted by Gasteiger charge is -2.37. The number of aliphatic imine (C=N–C) groups is 1. The summed E-state index contributed by atoms with van der Waals surface area (Å²) in [6.07, 6.45) is 0.897.